The summed E-state index contributed by atoms with van der Waals surface area (Å²) in [6.07, 6.45) is -0.606. The minimum atomic E-state index is -1.32. The van der Waals surface area contributed by atoms with Gasteiger partial charge in [-0.1, -0.05) is 49.4 Å². The number of hydrogen-bond acceptors (Lipinski definition) is 9. The lowest BCUT2D eigenvalue weighted by Gasteiger charge is -2.29. The number of carbonyl (C=O) groups is 4. The smallest absolute Gasteiger partial charge is 0.325 e. The molecule has 2 aromatic carbocycles. The van der Waals surface area contributed by atoms with Crippen LogP contribution in [0.25, 0.3) is 0 Å². The maximum Gasteiger partial charge on any atom is 0.325 e. The van der Waals surface area contributed by atoms with Crippen molar-refractivity contribution in [2.75, 3.05) is 25.6 Å². The van der Waals surface area contributed by atoms with Gasteiger partial charge in [0.1, 0.15) is 30.1 Å². The van der Waals surface area contributed by atoms with E-state index in [0.717, 1.165) is 21.8 Å². The van der Waals surface area contributed by atoms with E-state index in [9.17, 15) is 19.2 Å². The van der Waals surface area contributed by atoms with Gasteiger partial charge in [-0.15, -0.1) is 11.3 Å². The fourth-order valence-electron chi connectivity index (χ4n) is 4.24. The third-order valence-corrected chi connectivity index (χ3v) is 7.19. The third-order valence-electron chi connectivity index (χ3n) is 6.43. The molecule has 0 radical (unpaired) electrons. The van der Waals surface area contributed by atoms with Crippen molar-refractivity contribution >= 4 is 40.1 Å². The summed E-state index contributed by atoms with van der Waals surface area (Å²) in [7, 11) is 1.58. The summed E-state index contributed by atoms with van der Waals surface area (Å²) in [6, 6.07) is 13.1. The van der Waals surface area contributed by atoms with Crippen LogP contribution in [0.15, 0.2) is 60.0 Å². The Morgan fingerprint density at radius 3 is 2.51 bits per heavy atom. The largest absolute Gasteiger partial charge is 0.491 e. The second-order valence-corrected chi connectivity index (χ2v) is 10.1. The Morgan fingerprint density at radius 1 is 1.10 bits per heavy atom. The van der Waals surface area contributed by atoms with Crippen molar-refractivity contribution in [1.82, 2.24) is 15.2 Å². The molecule has 3 aromatic rings. The number of nitrogens with zero attached hydrogens (tertiary/aromatic N) is 2. The van der Waals surface area contributed by atoms with Crippen molar-refractivity contribution in [2.24, 2.45) is 0 Å². The Balaban J connectivity index is 1.55. The molecule has 1 aliphatic rings. The number of ketones is 1. The van der Waals surface area contributed by atoms with E-state index in [1.54, 1.807) is 50.6 Å². The van der Waals surface area contributed by atoms with Crippen molar-refractivity contribution < 1.29 is 33.4 Å². The quantitative estimate of drug-likeness (QED) is 0.166. The summed E-state index contributed by atoms with van der Waals surface area (Å²) < 4.78 is 16.5. The van der Waals surface area contributed by atoms with Gasteiger partial charge >= 0.3 is 6.03 Å². The lowest BCUT2D eigenvalue weighted by molar-refractivity contribution is -0.139. The lowest BCUT2D eigenvalue weighted by atomic mass is 10.1. The van der Waals surface area contributed by atoms with E-state index < -0.39 is 36.0 Å². The molecule has 0 spiro atoms. The lowest BCUT2D eigenvalue weighted by Crippen LogP contribution is -2.53. The highest BCUT2D eigenvalue weighted by Gasteiger charge is 2.47. The fraction of sp³-hybridized carbons (Fsp3) is 0.345. The first kappa shape index (κ1) is 29.8. The number of methoxy groups -OCH3 is 1. The van der Waals surface area contributed by atoms with Gasteiger partial charge in [-0.3, -0.25) is 14.4 Å². The standard InChI is InChI=1S/C29H32N4O7S/c1-4-23(34)22-17-41-28(30-22)32-26(35)25(18(2)40-16-19-8-6-5-7-9-19)33-27(36)24(31-29(33)37)20-10-12-21(13-11-20)39-15-14-38-3/h5-13,17-18,24-25H,4,14-16H2,1-3H3,(H,31,37)(H,30,32,35)/t18-,24?,25+/m1/s1. The monoisotopic (exact) mass is 580 g/mol. The molecule has 3 atom stereocenters. The fourth-order valence-corrected chi connectivity index (χ4v) is 4.95. The molecule has 216 valence electrons. The maximum atomic E-state index is 13.6. The second-order valence-electron chi connectivity index (χ2n) is 9.25. The van der Waals surface area contributed by atoms with E-state index in [1.807, 2.05) is 30.3 Å². The topological polar surface area (TPSA) is 136 Å². The average molecular weight is 581 g/mol. The number of Topliss-reactive ketones (excluding diaryl/α,β-unsaturated/α-hetero) is 1. The zero-order valence-corrected chi connectivity index (χ0v) is 23.8. The molecule has 1 fully saturated rings. The Bertz CT molecular complexity index is 1360. The molecule has 1 aliphatic heterocycles. The van der Waals surface area contributed by atoms with Crippen LogP contribution < -0.4 is 15.4 Å². The number of benzene rings is 2. The van der Waals surface area contributed by atoms with Crippen LogP contribution >= 0.6 is 11.3 Å². The van der Waals surface area contributed by atoms with Crippen molar-refractivity contribution in [1.29, 1.82) is 0 Å². The minimum absolute atomic E-state index is 0.162. The number of imide groups is 1. The molecular formula is C29H32N4O7S. The molecule has 0 saturated carbocycles. The number of anilines is 1. The normalized spacial score (nSPS) is 16.3. The van der Waals surface area contributed by atoms with Crippen LogP contribution in [0.1, 0.15) is 47.9 Å². The number of ether oxygens (including phenoxy) is 3. The summed E-state index contributed by atoms with van der Waals surface area (Å²) in [5.74, 6) is -0.838. The van der Waals surface area contributed by atoms with Crippen LogP contribution in [-0.2, 0) is 25.7 Å². The molecule has 1 saturated heterocycles. The number of carbonyl (C=O) groups excluding carboxylic acids is 4. The number of amides is 4. The van der Waals surface area contributed by atoms with E-state index >= 15 is 0 Å². The minimum Gasteiger partial charge on any atom is -0.491 e. The summed E-state index contributed by atoms with van der Waals surface area (Å²) in [6.45, 7) is 4.31. The molecule has 12 heteroatoms. The molecule has 1 aromatic heterocycles. The SMILES string of the molecule is CCC(=O)c1csc(NC(=O)[C@H]([C@@H](C)OCc2ccccc2)N2C(=O)NC(c3ccc(OCCOC)cc3)C2=O)n1. The number of thiazole rings is 1. The van der Waals surface area contributed by atoms with Crippen molar-refractivity contribution in [3.05, 3.63) is 76.8 Å². The Kier molecular flexibility index (Phi) is 10.2. The highest BCUT2D eigenvalue weighted by molar-refractivity contribution is 7.14. The average Bonchev–Trinajstić information content (AvgIpc) is 3.57. The summed E-state index contributed by atoms with van der Waals surface area (Å²) in [5, 5.41) is 7.07. The first-order chi connectivity index (χ1) is 19.8. The third kappa shape index (κ3) is 7.34. The maximum absolute atomic E-state index is 13.6. The summed E-state index contributed by atoms with van der Waals surface area (Å²) in [4.78, 5) is 57.5. The molecule has 4 rings (SSSR count). The highest BCUT2D eigenvalue weighted by Crippen LogP contribution is 2.28. The van der Waals surface area contributed by atoms with Gasteiger partial charge in [-0.25, -0.2) is 14.7 Å². The van der Waals surface area contributed by atoms with E-state index in [1.165, 1.54) is 0 Å². The molecule has 41 heavy (non-hydrogen) atoms. The van der Waals surface area contributed by atoms with Gasteiger partial charge in [-0.05, 0) is 30.2 Å². The highest BCUT2D eigenvalue weighted by atomic mass is 32.1. The Morgan fingerprint density at radius 2 is 1.83 bits per heavy atom. The van der Waals surface area contributed by atoms with E-state index in [2.05, 4.69) is 15.6 Å². The van der Waals surface area contributed by atoms with Gasteiger partial charge in [0.05, 0.1) is 19.3 Å². The zero-order chi connectivity index (χ0) is 29.4. The number of rotatable bonds is 14. The van der Waals surface area contributed by atoms with Crippen LogP contribution in [0, 0.1) is 0 Å². The van der Waals surface area contributed by atoms with Crippen molar-refractivity contribution in [3.63, 3.8) is 0 Å². The van der Waals surface area contributed by atoms with Gasteiger partial charge in [0, 0.05) is 18.9 Å². The van der Waals surface area contributed by atoms with Gasteiger partial charge < -0.3 is 24.8 Å². The van der Waals surface area contributed by atoms with Gasteiger partial charge in [0.25, 0.3) is 11.8 Å². The molecule has 4 amide bonds. The van der Waals surface area contributed by atoms with Crippen LogP contribution in [-0.4, -0.2) is 66.0 Å². The van der Waals surface area contributed by atoms with Gasteiger partial charge in [-0.2, -0.15) is 0 Å². The predicted octanol–water partition coefficient (Wildman–Crippen LogP) is 3.97. The zero-order valence-electron chi connectivity index (χ0n) is 23.0. The molecule has 2 N–H and O–H groups in total. The Labute approximate surface area is 241 Å². The van der Waals surface area contributed by atoms with E-state index in [0.29, 0.717) is 24.5 Å². The molecule has 11 nitrogen and oxygen atoms in total. The van der Waals surface area contributed by atoms with Crippen molar-refractivity contribution in [2.45, 2.75) is 45.1 Å². The van der Waals surface area contributed by atoms with Crippen LogP contribution in [0.2, 0.25) is 0 Å². The Hall–Kier alpha value is -4.13. The number of nitrogens with one attached hydrogen (secondary N) is 2. The molecular weight excluding hydrogens is 548 g/mol. The molecule has 1 unspecified atom stereocenters. The van der Waals surface area contributed by atoms with Gasteiger partial charge in [0.2, 0.25) is 0 Å². The van der Waals surface area contributed by atoms with Crippen LogP contribution in [0.3, 0.4) is 0 Å². The van der Waals surface area contributed by atoms with E-state index in [-0.39, 0.29) is 29.6 Å². The molecule has 0 aliphatic carbocycles. The van der Waals surface area contributed by atoms with Gasteiger partial charge in [0.15, 0.2) is 10.9 Å². The predicted molar refractivity (Wildman–Crippen MR) is 152 cm³/mol. The first-order valence-corrected chi connectivity index (χ1v) is 14.0. The number of aromatic nitrogens is 1. The van der Waals surface area contributed by atoms with Crippen molar-refractivity contribution in [3.8, 4) is 5.75 Å². The number of hydrogen-bond donors (Lipinski definition) is 2. The second kappa shape index (κ2) is 14.0. The number of urea groups is 1. The summed E-state index contributed by atoms with van der Waals surface area (Å²) in [5.41, 5.74) is 1.64. The van der Waals surface area contributed by atoms with E-state index in [4.69, 9.17) is 14.2 Å². The molecule has 2 heterocycles. The first-order valence-electron chi connectivity index (χ1n) is 13.1. The van der Waals surface area contributed by atoms with Crippen LogP contribution in [0.5, 0.6) is 5.75 Å². The van der Waals surface area contributed by atoms with Crippen LogP contribution in [0.4, 0.5) is 9.93 Å². The molecule has 0 bridgehead atoms. The summed E-state index contributed by atoms with van der Waals surface area (Å²) >= 11 is 1.08.